The molecule has 1 aliphatic rings. The molecule has 2 aromatic carbocycles. The standard InChI is InChI=1S/C22H28N2O2/c1-17-7-5-6-8-18(17)11-14-23-22(26)24-15-12-20(13-16-24)21(25)19-9-3-2-4-10-19/h2-10,20-21,25H,11-16H2,1H3,(H,23,26). The Kier molecular flexibility index (Phi) is 6.29. The van der Waals surface area contributed by atoms with Gasteiger partial charge in [-0.05, 0) is 48.8 Å². The number of likely N-dealkylation sites (tertiary alicyclic amines) is 1. The molecule has 0 aromatic heterocycles. The van der Waals surface area contributed by atoms with E-state index in [2.05, 4.69) is 24.4 Å². The number of carbonyl (C=O) groups excluding carboxylic acids is 1. The third-order valence-corrected chi connectivity index (χ3v) is 5.35. The lowest BCUT2D eigenvalue weighted by Crippen LogP contribution is -2.45. The second kappa shape index (κ2) is 8.86. The van der Waals surface area contributed by atoms with Gasteiger partial charge in [0.1, 0.15) is 0 Å². The molecule has 2 amide bonds. The molecule has 2 aromatic rings. The first-order chi connectivity index (χ1) is 12.6. The summed E-state index contributed by atoms with van der Waals surface area (Å²) >= 11 is 0. The quantitative estimate of drug-likeness (QED) is 0.862. The zero-order valence-electron chi connectivity index (χ0n) is 15.4. The molecule has 138 valence electrons. The zero-order chi connectivity index (χ0) is 18.4. The van der Waals surface area contributed by atoms with E-state index in [9.17, 15) is 9.90 Å². The number of aliphatic hydroxyl groups excluding tert-OH is 1. The van der Waals surface area contributed by atoms with Gasteiger partial charge in [0.25, 0.3) is 0 Å². The Morgan fingerprint density at radius 3 is 2.46 bits per heavy atom. The van der Waals surface area contributed by atoms with Crippen molar-refractivity contribution in [2.24, 2.45) is 5.92 Å². The van der Waals surface area contributed by atoms with Crippen LogP contribution in [0.5, 0.6) is 0 Å². The summed E-state index contributed by atoms with van der Waals surface area (Å²) in [5, 5.41) is 13.6. The van der Waals surface area contributed by atoms with Crippen molar-refractivity contribution in [3.05, 3.63) is 71.3 Å². The molecule has 1 saturated heterocycles. The first-order valence-electron chi connectivity index (χ1n) is 9.45. The highest BCUT2D eigenvalue weighted by Crippen LogP contribution is 2.30. The van der Waals surface area contributed by atoms with Crippen molar-refractivity contribution >= 4 is 6.03 Å². The molecular weight excluding hydrogens is 324 g/mol. The molecule has 0 radical (unpaired) electrons. The van der Waals surface area contributed by atoms with Gasteiger partial charge >= 0.3 is 6.03 Å². The number of aliphatic hydroxyl groups is 1. The largest absolute Gasteiger partial charge is 0.388 e. The lowest BCUT2D eigenvalue weighted by atomic mass is 9.87. The van der Waals surface area contributed by atoms with E-state index < -0.39 is 6.10 Å². The minimum Gasteiger partial charge on any atom is -0.388 e. The molecule has 0 bridgehead atoms. The summed E-state index contributed by atoms with van der Waals surface area (Å²) in [5.74, 6) is 0.216. The average molecular weight is 352 g/mol. The smallest absolute Gasteiger partial charge is 0.317 e. The molecule has 4 nitrogen and oxygen atoms in total. The summed E-state index contributed by atoms with van der Waals surface area (Å²) in [7, 11) is 0. The molecule has 1 heterocycles. The maximum atomic E-state index is 12.4. The Bertz CT molecular complexity index is 709. The monoisotopic (exact) mass is 352 g/mol. The van der Waals surface area contributed by atoms with Crippen molar-refractivity contribution in [2.45, 2.75) is 32.3 Å². The Balaban J connectivity index is 1.43. The minimum absolute atomic E-state index is 0.00577. The van der Waals surface area contributed by atoms with Gasteiger partial charge in [0.15, 0.2) is 0 Å². The zero-order valence-corrected chi connectivity index (χ0v) is 15.4. The van der Waals surface area contributed by atoms with Gasteiger partial charge in [-0.25, -0.2) is 4.79 Å². The SMILES string of the molecule is Cc1ccccc1CCNC(=O)N1CCC(C(O)c2ccccc2)CC1. The van der Waals surface area contributed by atoms with E-state index in [1.165, 1.54) is 11.1 Å². The lowest BCUT2D eigenvalue weighted by Gasteiger charge is -2.34. The number of aryl methyl sites for hydroxylation is 1. The van der Waals surface area contributed by atoms with Crippen LogP contribution in [0.25, 0.3) is 0 Å². The van der Waals surface area contributed by atoms with Crippen LogP contribution >= 0.6 is 0 Å². The van der Waals surface area contributed by atoms with Gasteiger partial charge in [-0.1, -0.05) is 54.6 Å². The van der Waals surface area contributed by atoms with E-state index in [1.54, 1.807) is 0 Å². The van der Waals surface area contributed by atoms with Crippen LogP contribution in [0.2, 0.25) is 0 Å². The average Bonchev–Trinajstić information content (AvgIpc) is 2.69. The van der Waals surface area contributed by atoms with Gasteiger partial charge < -0.3 is 15.3 Å². The molecule has 0 aliphatic carbocycles. The van der Waals surface area contributed by atoms with Crippen molar-refractivity contribution in [3.8, 4) is 0 Å². The van der Waals surface area contributed by atoms with Crippen LogP contribution in [-0.2, 0) is 6.42 Å². The highest BCUT2D eigenvalue weighted by Gasteiger charge is 2.28. The van der Waals surface area contributed by atoms with E-state index >= 15 is 0 Å². The number of amides is 2. The Hall–Kier alpha value is -2.33. The fraction of sp³-hybridized carbons (Fsp3) is 0.409. The van der Waals surface area contributed by atoms with Crippen molar-refractivity contribution in [1.29, 1.82) is 0 Å². The second-order valence-corrected chi connectivity index (χ2v) is 7.09. The van der Waals surface area contributed by atoms with Crippen LogP contribution in [0.3, 0.4) is 0 Å². The molecule has 1 unspecified atom stereocenters. The topological polar surface area (TPSA) is 52.6 Å². The van der Waals surface area contributed by atoms with Crippen molar-refractivity contribution in [1.82, 2.24) is 10.2 Å². The second-order valence-electron chi connectivity index (χ2n) is 7.09. The predicted molar refractivity (Wildman–Crippen MR) is 104 cm³/mol. The van der Waals surface area contributed by atoms with Crippen LogP contribution < -0.4 is 5.32 Å². The number of rotatable bonds is 5. The first kappa shape index (κ1) is 18.5. The van der Waals surface area contributed by atoms with E-state index in [-0.39, 0.29) is 11.9 Å². The number of hydrogen-bond acceptors (Lipinski definition) is 2. The Morgan fingerprint density at radius 1 is 1.12 bits per heavy atom. The summed E-state index contributed by atoms with van der Waals surface area (Å²) in [6.45, 7) is 4.14. The number of piperidine rings is 1. The van der Waals surface area contributed by atoms with E-state index in [1.807, 2.05) is 47.4 Å². The number of urea groups is 1. The van der Waals surface area contributed by atoms with Crippen LogP contribution in [0, 0.1) is 12.8 Å². The number of nitrogens with zero attached hydrogens (tertiary/aromatic N) is 1. The number of benzene rings is 2. The van der Waals surface area contributed by atoms with Crippen LogP contribution in [0.15, 0.2) is 54.6 Å². The maximum Gasteiger partial charge on any atom is 0.317 e. The van der Waals surface area contributed by atoms with Crippen molar-refractivity contribution in [3.63, 3.8) is 0 Å². The summed E-state index contributed by atoms with van der Waals surface area (Å²) < 4.78 is 0. The van der Waals surface area contributed by atoms with E-state index in [0.29, 0.717) is 19.6 Å². The summed E-state index contributed by atoms with van der Waals surface area (Å²) in [4.78, 5) is 14.2. The fourth-order valence-electron chi connectivity index (χ4n) is 3.65. The summed E-state index contributed by atoms with van der Waals surface area (Å²) in [6, 6.07) is 18.1. The van der Waals surface area contributed by atoms with Gasteiger partial charge in [-0.15, -0.1) is 0 Å². The van der Waals surface area contributed by atoms with Crippen LogP contribution in [0.1, 0.15) is 35.6 Å². The normalized spacial score (nSPS) is 16.3. The molecule has 1 fully saturated rings. The number of carbonyl (C=O) groups is 1. The van der Waals surface area contributed by atoms with E-state index in [0.717, 1.165) is 24.8 Å². The summed E-state index contributed by atoms with van der Waals surface area (Å²) in [5.41, 5.74) is 3.50. The lowest BCUT2D eigenvalue weighted by molar-refractivity contribution is 0.0666. The molecule has 0 spiro atoms. The fourth-order valence-corrected chi connectivity index (χ4v) is 3.65. The first-order valence-corrected chi connectivity index (χ1v) is 9.45. The van der Waals surface area contributed by atoms with Crippen molar-refractivity contribution in [2.75, 3.05) is 19.6 Å². The Labute approximate surface area is 155 Å². The van der Waals surface area contributed by atoms with Crippen molar-refractivity contribution < 1.29 is 9.90 Å². The summed E-state index contributed by atoms with van der Waals surface area (Å²) in [6.07, 6.45) is 2.08. The van der Waals surface area contributed by atoms with Gasteiger partial charge in [0, 0.05) is 19.6 Å². The highest BCUT2D eigenvalue weighted by atomic mass is 16.3. The minimum atomic E-state index is -0.442. The van der Waals surface area contributed by atoms with E-state index in [4.69, 9.17) is 0 Å². The highest BCUT2D eigenvalue weighted by molar-refractivity contribution is 5.74. The molecule has 26 heavy (non-hydrogen) atoms. The molecule has 2 N–H and O–H groups in total. The van der Waals surface area contributed by atoms with Gasteiger partial charge in [-0.2, -0.15) is 0 Å². The molecule has 4 heteroatoms. The predicted octanol–water partition coefficient (Wildman–Crippen LogP) is 3.69. The van der Waals surface area contributed by atoms with Gasteiger partial charge in [0.2, 0.25) is 0 Å². The third-order valence-electron chi connectivity index (χ3n) is 5.35. The molecular formula is C22H28N2O2. The maximum absolute atomic E-state index is 12.4. The molecule has 3 rings (SSSR count). The third kappa shape index (κ3) is 4.64. The Morgan fingerprint density at radius 2 is 1.77 bits per heavy atom. The van der Waals surface area contributed by atoms with Crippen LogP contribution in [0.4, 0.5) is 4.79 Å². The number of nitrogens with one attached hydrogen (secondary N) is 1. The molecule has 0 saturated carbocycles. The van der Waals surface area contributed by atoms with Crippen LogP contribution in [-0.4, -0.2) is 35.7 Å². The van der Waals surface area contributed by atoms with Gasteiger partial charge in [-0.3, -0.25) is 0 Å². The molecule has 1 aliphatic heterocycles. The molecule has 1 atom stereocenters. The van der Waals surface area contributed by atoms with Gasteiger partial charge in [0.05, 0.1) is 6.10 Å². The number of hydrogen-bond donors (Lipinski definition) is 2.